The van der Waals surface area contributed by atoms with Gasteiger partial charge in [-0.3, -0.25) is 9.59 Å². The number of anilines is 1. The lowest BCUT2D eigenvalue weighted by atomic mass is 9.93. The van der Waals surface area contributed by atoms with Crippen molar-refractivity contribution in [1.29, 1.82) is 0 Å². The van der Waals surface area contributed by atoms with Crippen LogP contribution < -0.4 is 10.1 Å². The van der Waals surface area contributed by atoms with Crippen LogP contribution in [0.15, 0.2) is 28.9 Å². The first-order valence-corrected chi connectivity index (χ1v) is 7.78. The van der Waals surface area contributed by atoms with E-state index >= 15 is 0 Å². The molecular formula is C16H15BrN2O3. The third kappa shape index (κ3) is 2.66. The minimum atomic E-state index is -0.316. The standard InChI is InChI=1S/C16H15BrN2O3/c1-22-14-6-5-9(17)7-12(14)19-16(21)10-8-18-11-3-2-4-13(20)15(10)11/h5-8,18H,2-4H2,1H3,(H,19,21). The van der Waals surface area contributed by atoms with Crippen LogP contribution >= 0.6 is 15.9 Å². The first kappa shape index (κ1) is 14.8. The van der Waals surface area contributed by atoms with Crippen molar-refractivity contribution in [3.05, 3.63) is 45.7 Å². The molecule has 0 saturated carbocycles. The van der Waals surface area contributed by atoms with Crippen molar-refractivity contribution < 1.29 is 14.3 Å². The monoisotopic (exact) mass is 362 g/mol. The molecule has 1 aliphatic rings. The number of carbonyl (C=O) groups excluding carboxylic acids is 2. The normalized spacial score (nSPS) is 13.6. The van der Waals surface area contributed by atoms with Gasteiger partial charge in [0.1, 0.15) is 5.75 Å². The van der Waals surface area contributed by atoms with Gasteiger partial charge in [-0.2, -0.15) is 0 Å². The van der Waals surface area contributed by atoms with E-state index in [0.29, 0.717) is 29.0 Å². The molecule has 1 heterocycles. The summed E-state index contributed by atoms with van der Waals surface area (Å²) in [6.07, 6.45) is 3.72. The molecule has 0 fully saturated rings. The topological polar surface area (TPSA) is 71.2 Å². The van der Waals surface area contributed by atoms with Crippen LogP contribution in [0.1, 0.15) is 39.3 Å². The van der Waals surface area contributed by atoms with Crippen LogP contribution in [0.5, 0.6) is 5.75 Å². The van der Waals surface area contributed by atoms with Crippen LogP contribution in [0.25, 0.3) is 0 Å². The maximum Gasteiger partial charge on any atom is 0.258 e. The van der Waals surface area contributed by atoms with Gasteiger partial charge in [0.05, 0.1) is 23.9 Å². The van der Waals surface area contributed by atoms with Crippen molar-refractivity contribution in [2.75, 3.05) is 12.4 Å². The molecule has 0 saturated heterocycles. The molecule has 114 valence electrons. The number of methoxy groups -OCH3 is 1. The molecule has 2 aromatic rings. The molecule has 0 atom stereocenters. The molecule has 6 heteroatoms. The predicted octanol–water partition coefficient (Wildman–Crippen LogP) is 3.56. The molecular weight excluding hydrogens is 348 g/mol. The molecule has 1 amide bonds. The average Bonchev–Trinajstić information content (AvgIpc) is 2.93. The molecule has 3 rings (SSSR count). The number of hydrogen-bond acceptors (Lipinski definition) is 3. The number of rotatable bonds is 3. The summed E-state index contributed by atoms with van der Waals surface area (Å²) < 4.78 is 6.07. The molecule has 5 nitrogen and oxygen atoms in total. The molecule has 0 radical (unpaired) electrons. The SMILES string of the molecule is COc1ccc(Br)cc1NC(=O)c1c[nH]c2c1C(=O)CCC2. The van der Waals surface area contributed by atoms with Crippen LogP contribution in [-0.2, 0) is 6.42 Å². The third-order valence-corrected chi connectivity index (χ3v) is 4.22. The van der Waals surface area contributed by atoms with Crippen LogP contribution in [0.2, 0.25) is 0 Å². The summed E-state index contributed by atoms with van der Waals surface area (Å²) in [5.74, 6) is 0.269. The lowest BCUT2D eigenvalue weighted by Crippen LogP contribution is -2.18. The zero-order valence-corrected chi connectivity index (χ0v) is 13.6. The summed E-state index contributed by atoms with van der Waals surface area (Å²) in [4.78, 5) is 27.6. The van der Waals surface area contributed by atoms with E-state index in [1.165, 1.54) is 0 Å². The second-order valence-electron chi connectivity index (χ2n) is 5.13. The number of ether oxygens (including phenoxy) is 1. The Morgan fingerprint density at radius 1 is 1.36 bits per heavy atom. The van der Waals surface area contributed by atoms with Crippen molar-refractivity contribution in [3.63, 3.8) is 0 Å². The number of ketones is 1. The smallest absolute Gasteiger partial charge is 0.258 e. The predicted molar refractivity (Wildman–Crippen MR) is 86.7 cm³/mol. The van der Waals surface area contributed by atoms with Gasteiger partial charge in [-0.15, -0.1) is 0 Å². The molecule has 1 aromatic carbocycles. The van der Waals surface area contributed by atoms with E-state index in [2.05, 4.69) is 26.2 Å². The minimum Gasteiger partial charge on any atom is -0.495 e. The van der Waals surface area contributed by atoms with Crippen LogP contribution in [0.4, 0.5) is 5.69 Å². The number of benzene rings is 1. The van der Waals surface area contributed by atoms with Gasteiger partial charge in [0.25, 0.3) is 5.91 Å². The number of hydrogen-bond donors (Lipinski definition) is 2. The van der Waals surface area contributed by atoms with E-state index < -0.39 is 0 Å². The fourth-order valence-electron chi connectivity index (χ4n) is 2.68. The van der Waals surface area contributed by atoms with Gasteiger partial charge in [-0.1, -0.05) is 15.9 Å². The molecule has 22 heavy (non-hydrogen) atoms. The molecule has 0 spiro atoms. The van der Waals surface area contributed by atoms with Crippen molar-refractivity contribution in [2.45, 2.75) is 19.3 Å². The maximum absolute atomic E-state index is 12.5. The van der Waals surface area contributed by atoms with Crippen molar-refractivity contribution in [1.82, 2.24) is 4.98 Å². The lowest BCUT2D eigenvalue weighted by Gasteiger charge is -2.13. The molecule has 1 aromatic heterocycles. The van der Waals surface area contributed by atoms with Crippen molar-refractivity contribution >= 4 is 33.3 Å². The highest BCUT2D eigenvalue weighted by Crippen LogP contribution is 2.30. The fourth-order valence-corrected chi connectivity index (χ4v) is 3.04. The second kappa shape index (κ2) is 5.96. The Hall–Kier alpha value is -2.08. The van der Waals surface area contributed by atoms with Crippen molar-refractivity contribution in [3.8, 4) is 5.75 Å². The van der Waals surface area contributed by atoms with E-state index in [9.17, 15) is 9.59 Å². The van der Waals surface area contributed by atoms with E-state index in [1.807, 2.05) is 6.07 Å². The van der Waals surface area contributed by atoms with Gasteiger partial charge < -0.3 is 15.0 Å². The number of H-pyrrole nitrogens is 1. The number of aryl methyl sites for hydroxylation is 1. The van der Waals surface area contributed by atoms with Gasteiger partial charge in [-0.25, -0.2) is 0 Å². The Labute approximate surface area is 136 Å². The maximum atomic E-state index is 12.5. The Morgan fingerprint density at radius 2 is 2.18 bits per heavy atom. The molecule has 0 unspecified atom stereocenters. The summed E-state index contributed by atoms with van der Waals surface area (Å²) in [5.41, 5.74) is 2.32. The Morgan fingerprint density at radius 3 is 2.95 bits per heavy atom. The highest BCUT2D eigenvalue weighted by molar-refractivity contribution is 9.10. The highest BCUT2D eigenvalue weighted by atomic mass is 79.9. The van der Waals surface area contributed by atoms with E-state index in [-0.39, 0.29) is 11.7 Å². The molecule has 1 aliphatic carbocycles. The molecule has 0 aliphatic heterocycles. The summed E-state index contributed by atoms with van der Waals surface area (Å²) in [5, 5.41) is 2.81. The molecule has 0 bridgehead atoms. The van der Waals surface area contributed by atoms with Gasteiger partial charge in [0.15, 0.2) is 5.78 Å². The Bertz CT molecular complexity index is 752. The van der Waals surface area contributed by atoms with Gasteiger partial charge in [0.2, 0.25) is 0 Å². The summed E-state index contributed by atoms with van der Waals surface area (Å²) in [6, 6.07) is 5.35. The number of fused-ring (bicyclic) bond motifs is 1. The summed E-state index contributed by atoms with van der Waals surface area (Å²) >= 11 is 3.37. The zero-order chi connectivity index (χ0) is 15.7. The highest BCUT2D eigenvalue weighted by Gasteiger charge is 2.26. The Kier molecular flexibility index (Phi) is 4.02. The number of halogens is 1. The second-order valence-corrected chi connectivity index (χ2v) is 6.05. The van der Waals surface area contributed by atoms with E-state index in [1.54, 1.807) is 25.4 Å². The number of nitrogens with one attached hydrogen (secondary N) is 2. The van der Waals surface area contributed by atoms with Crippen LogP contribution in [0, 0.1) is 0 Å². The molecule has 2 N–H and O–H groups in total. The number of carbonyl (C=O) groups is 2. The number of aromatic nitrogens is 1. The fraction of sp³-hybridized carbons (Fsp3) is 0.250. The number of Topliss-reactive ketones (excluding diaryl/α,β-unsaturated/α-hetero) is 1. The van der Waals surface area contributed by atoms with E-state index in [4.69, 9.17) is 4.74 Å². The summed E-state index contributed by atoms with van der Waals surface area (Å²) in [7, 11) is 1.54. The minimum absolute atomic E-state index is 0.0221. The average molecular weight is 363 g/mol. The largest absolute Gasteiger partial charge is 0.495 e. The zero-order valence-electron chi connectivity index (χ0n) is 12.0. The van der Waals surface area contributed by atoms with Gasteiger partial charge in [0, 0.05) is 22.8 Å². The Balaban J connectivity index is 1.92. The summed E-state index contributed by atoms with van der Waals surface area (Å²) in [6.45, 7) is 0. The first-order chi connectivity index (χ1) is 10.6. The first-order valence-electron chi connectivity index (χ1n) is 6.98. The third-order valence-electron chi connectivity index (χ3n) is 3.73. The quantitative estimate of drug-likeness (QED) is 0.876. The van der Waals surface area contributed by atoms with E-state index in [0.717, 1.165) is 23.0 Å². The number of aromatic amines is 1. The van der Waals surface area contributed by atoms with Gasteiger partial charge >= 0.3 is 0 Å². The lowest BCUT2D eigenvalue weighted by molar-refractivity contribution is 0.0956. The number of amides is 1. The van der Waals surface area contributed by atoms with Crippen LogP contribution in [0.3, 0.4) is 0 Å². The van der Waals surface area contributed by atoms with Crippen LogP contribution in [-0.4, -0.2) is 23.8 Å². The van der Waals surface area contributed by atoms with Gasteiger partial charge in [-0.05, 0) is 31.0 Å². The van der Waals surface area contributed by atoms with Crippen molar-refractivity contribution in [2.24, 2.45) is 0 Å².